The second kappa shape index (κ2) is 8.00. The number of hydrogen-bond acceptors (Lipinski definition) is 2. The molecule has 0 spiro atoms. The molecule has 0 aliphatic carbocycles. The summed E-state index contributed by atoms with van der Waals surface area (Å²) in [7, 11) is 0. The summed E-state index contributed by atoms with van der Waals surface area (Å²) < 4.78 is 5.57. The minimum absolute atomic E-state index is 0.725. The lowest BCUT2D eigenvalue weighted by Gasteiger charge is -2.27. The zero-order valence-electron chi connectivity index (χ0n) is 14.0. The van der Waals surface area contributed by atoms with Crippen molar-refractivity contribution in [1.29, 1.82) is 0 Å². The molecule has 1 aliphatic heterocycles. The highest BCUT2D eigenvalue weighted by atomic mass is 16.3. The van der Waals surface area contributed by atoms with Crippen LogP contribution in [0.25, 0.3) is 11.3 Å². The Bertz CT molecular complexity index is 631. The Balaban J connectivity index is 1.80. The largest absolute Gasteiger partial charge is 0.464 e. The normalized spacial score (nSPS) is 18.0. The third-order valence-corrected chi connectivity index (χ3v) is 4.56. The SMILES string of the molecule is CCN1CCCCCC/C1=N/Cc1ccccc1-c1ccco1. The fraction of sp³-hybridized carbons (Fsp3) is 0.450. The first kappa shape index (κ1) is 15.9. The van der Waals surface area contributed by atoms with E-state index < -0.39 is 0 Å². The first-order valence-electron chi connectivity index (χ1n) is 8.78. The van der Waals surface area contributed by atoms with Crippen LogP contribution in [0.2, 0.25) is 0 Å². The summed E-state index contributed by atoms with van der Waals surface area (Å²) in [6, 6.07) is 12.4. The second-order valence-electron chi connectivity index (χ2n) is 6.11. The fourth-order valence-electron chi connectivity index (χ4n) is 3.25. The summed E-state index contributed by atoms with van der Waals surface area (Å²) in [5, 5.41) is 0. The van der Waals surface area contributed by atoms with Gasteiger partial charge in [0.25, 0.3) is 0 Å². The van der Waals surface area contributed by atoms with Crippen molar-refractivity contribution in [3.63, 3.8) is 0 Å². The maximum absolute atomic E-state index is 5.57. The minimum Gasteiger partial charge on any atom is -0.464 e. The zero-order chi connectivity index (χ0) is 15.9. The van der Waals surface area contributed by atoms with E-state index in [1.165, 1.54) is 37.1 Å². The molecule has 122 valence electrons. The van der Waals surface area contributed by atoms with Gasteiger partial charge in [-0.25, -0.2) is 0 Å². The van der Waals surface area contributed by atoms with Gasteiger partial charge >= 0.3 is 0 Å². The molecule has 0 bridgehead atoms. The first-order valence-corrected chi connectivity index (χ1v) is 8.78. The lowest BCUT2D eigenvalue weighted by Crippen LogP contribution is -2.33. The highest BCUT2D eigenvalue weighted by molar-refractivity contribution is 5.82. The van der Waals surface area contributed by atoms with Crippen molar-refractivity contribution >= 4 is 5.84 Å². The number of amidine groups is 1. The van der Waals surface area contributed by atoms with Gasteiger partial charge in [0.2, 0.25) is 0 Å². The molecular formula is C20H26N2O. The standard InChI is InChI=1S/C20H26N2O/c1-2-22-14-8-4-3-5-13-20(22)21-16-17-10-6-7-11-18(17)19-12-9-15-23-19/h6-7,9-12,15H,2-5,8,13-14,16H2,1H3/b21-20-. The molecular weight excluding hydrogens is 284 g/mol. The molecule has 1 aliphatic rings. The monoisotopic (exact) mass is 310 g/mol. The molecule has 3 rings (SSSR count). The van der Waals surface area contributed by atoms with Crippen molar-refractivity contribution in [3.05, 3.63) is 48.2 Å². The van der Waals surface area contributed by atoms with Crippen LogP contribution in [0, 0.1) is 0 Å². The maximum atomic E-state index is 5.57. The Morgan fingerprint density at radius 2 is 1.91 bits per heavy atom. The molecule has 0 radical (unpaired) electrons. The molecule has 23 heavy (non-hydrogen) atoms. The van der Waals surface area contributed by atoms with Gasteiger partial charge in [-0.15, -0.1) is 0 Å². The highest BCUT2D eigenvalue weighted by Crippen LogP contribution is 2.25. The maximum Gasteiger partial charge on any atom is 0.134 e. The van der Waals surface area contributed by atoms with Crippen molar-refractivity contribution in [3.8, 4) is 11.3 Å². The fourth-order valence-corrected chi connectivity index (χ4v) is 3.25. The molecule has 3 nitrogen and oxygen atoms in total. The minimum atomic E-state index is 0.725. The lowest BCUT2D eigenvalue weighted by atomic mass is 10.1. The number of hydrogen-bond donors (Lipinski definition) is 0. The molecule has 1 aromatic carbocycles. The van der Waals surface area contributed by atoms with E-state index in [4.69, 9.17) is 9.41 Å². The van der Waals surface area contributed by atoms with E-state index >= 15 is 0 Å². The third-order valence-electron chi connectivity index (χ3n) is 4.56. The van der Waals surface area contributed by atoms with E-state index in [0.717, 1.165) is 37.4 Å². The number of likely N-dealkylation sites (tertiary alicyclic amines) is 1. The molecule has 0 saturated carbocycles. The van der Waals surface area contributed by atoms with Crippen LogP contribution in [0.3, 0.4) is 0 Å². The topological polar surface area (TPSA) is 28.7 Å². The third kappa shape index (κ3) is 4.04. The van der Waals surface area contributed by atoms with Crippen LogP contribution in [-0.2, 0) is 6.54 Å². The van der Waals surface area contributed by atoms with Gasteiger partial charge in [-0.3, -0.25) is 4.99 Å². The predicted octanol–water partition coefficient (Wildman–Crippen LogP) is 5.13. The van der Waals surface area contributed by atoms with Gasteiger partial charge in [0.1, 0.15) is 5.76 Å². The van der Waals surface area contributed by atoms with Crippen LogP contribution in [0.15, 0.2) is 52.1 Å². The van der Waals surface area contributed by atoms with Gasteiger partial charge in [0, 0.05) is 25.1 Å². The van der Waals surface area contributed by atoms with Crippen molar-refractivity contribution in [2.75, 3.05) is 13.1 Å². The molecule has 0 unspecified atom stereocenters. The molecule has 1 aromatic heterocycles. The average molecular weight is 310 g/mol. The van der Waals surface area contributed by atoms with Crippen LogP contribution in [0.5, 0.6) is 0 Å². The molecule has 0 atom stereocenters. The highest BCUT2D eigenvalue weighted by Gasteiger charge is 2.13. The molecule has 2 heterocycles. The molecule has 0 amide bonds. The Hall–Kier alpha value is -2.03. The van der Waals surface area contributed by atoms with Gasteiger partial charge in [0.15, 0.2) is 0 Å². The Morgan fingerprint density at radius 1 is 1.04 bits per heavy atom. The number of furan rings is 1. The molecule has 1 saturated heterocycles. The van der Waals surface area contributed by atoms with Gasteiger partial charge in [-0.1, -0.05) is 37.1 Å². The number of aliphatic imine (C=N–C) groups is 1. The number of rotatable bonds is 4. The van der Waals surface area contributed by atoms with E-state index in [2.05, 4.69) is 36.1 Å². The smallest absolute Gasteiger partial charge is 0.134 e. The summed E-state index contributed by atoms with van der Waals surface area (Å²) in [5.41, 5.74) is 2.38. The second-order valence-corrected chi connectivity index (χ2v) is 6.11. The van der Waals surface area contributed by atoms with Gasteiger partial charge < -0.3 is 9.32 Å². The lowest BCUT2D eigenvalue weighted by molar-refractivity contribution is 0.393. The van der Waals surface area contributed by atoms with Crippen LogP contribution in [0.1, 0.15) is 44.6 Å². The summed E-state index contributed by atoms with van der Waals surface area (Å²) in [5.74, 6) is 2.20. The number of nitrogens with zero attached hydrogens (tertiary/aromatic N) is 2. The van der Waals surface area contributed by atoms with Gasteiger partial charge in [-0.05, 0) is 37.5 Å². The van der Waals surface area contributed by atoms with E-state index in [0.29, 0.717) is 0 Å². The molecule has 0 N–H and O–H groups in total. The summed E-state index contributed by atoms with van der Waals surface area (Å²) in [4.78, 5) is 7.43. The molecule has 3 heteroatoms. The van der Waals surface area contributed by atoms with E-state index in [-0.39, 0.29) is 0 Å². The van der Waals surface area contributed by atoms with Crippen molar-refractivity contribution in [2.45, 2.75) is 45.6 Å². The van der Waals surface area contributed by atoms with Gasteiger partial charge in [-0.2, -0.15) is 0 Å². The van der Waals surface area contributed by atoms with Crippen molar-refractivity contribution < 1.29 is 4.42 Å². The van der Waals surface area contributed by atoms with Crippen LogP contribution in [-0.4, -0.2) is 23.8 Å². The van der Waals surface area contributed by atoms with Crippen molar-refractivity contribution in [2.24, 2.45) is 4.99 Å². The van der Waals surface area contributed by atoms with E-state index in [1.54, 1.807) is 6.26 Å². The Kier molecular flexibility index (Phi) is 5.51. The Morgan fingerprint density at radius 3 is 2.74 bits per heavy atom. The van der Waals surface area contributed by atoms with Crippen molar-refractivity contribution in [1.82, 2.24) is 4.90 Å². The Labute approximate surface area is 139 Å². The van der Waals surface area contributed by atoms with Crippen LogP contribution >= 0.6 is 0 Å². The van der Waals surface area contributed by atoms with E-state index in [9.17, 15) is 0 Å². The van der Waals surface area contributed by atoms with Crippen LogP contribution in [0.4, 0.5) is 0 Å². The number of benzene rings is 1. The summed E-state index contributed by atoms with van der Waals surface area (Å²) in [6.45, 7) is 5.16. The van der Waals surface area contributed by atoms with E-state index in [1.807, 2.05) is 12.1 Å². The summed E-state index contributed by atoms with van der Waals surface area (Å²) >= 11 is 0. The molecule has 2 aromatic rings. The summed E-state index contributed by atoms with van der Waals surface area (Å²) in [6.07, 6.45) is 8.07. The molecule has 1 fully saturated rings. The van der Waals surface area contributed by atoms with Crippen LogP contribution < -0.4 is 0 Å². The average Bonchev–Trinajstić information content (AvgIpc) is 3.09. The quantitative estimate of drug-likeness (QED) is 0.783. The first-order chi connectivity index (χ1) is 11.4. The van der Waals surface area contributed by atoms with Gasteiger partial charge in [0.05, 0.1) is 18.6 Å². The predicted molar refractivity (Wildman–Crippen MR) is 95.6 cm³/mol. The zero-order valence-corrected chi connectivity index (χ0v) is 14.0.